The minimum Gasteiger partial charge on any atom is -0.481 e. The number of rotatable bonds is 13. The topological polar surface area (TPSA) is 188 Å². The zero-order chi connectivity index (χ0) is 22.7. The monoisotopic (exact) mass is 452 g/mol. The van der Waals surface area contributed by atoms with Crippen molar-refractivity contribution in [3.8, 4) is 0 Å². The summed E-state index contributed by atoms with van der Waals surface area (Å²) in [5.41, 5.74) is 5.73. The highest BCUT2D eigenvalue weighted by Crippen LogP contribution is 2.03. The molecule has 4 unspecified atom stereocenters. The van der Waals surface area contributed by atoms with Crippen molar-refractivity contribution in [2.45, 2.75) is 50.9 Å². The molecule has 7 N–H and O–H groups in total. The molecule has 0 aromatic rings. The highest BCUT2D eigenvalue weighted by molar-refractivity contribution is 7.80. The zero-order valence-electron chi connectivity index (χ0n) is 16.1. The molecular weight excluding hydrogens is 424 g/mol. The predicted molar refractivity (Wildman–Crippen MR) is 111 cm³/mol. The Balaban J connectivity index is 5.24. The van der Waals surface area contributed by atoms with Crippen LogP contribution >= 0.6 is 25.3 Å². The lowest BCUT2D eigenvalue weighted by Crippen LogP contribution is -2.58. The van der Waals surface area contributed by atoms with E-state index in [0.717, 1.165) is 0 Å². The Morgan fingerprint density at radius 1 is 0.828 bits per heavy atom. The molecule has 0 aliphatic rings. The second kappa shape index (κ2) is 13.3. The number of amides is 3. The van der Waals surface area contributed by atoms with Crippen LogP contribution in [0.25, 0.3) is 0 Å². The number of carbonyl (C=O) groups excluding carboxylic acids is 3. The van der Waals surface area contributed by atoms with Crippen LogP contribution in [-0.2, 0) is 24.0 Å². The quantitative estimate of drug-likeness (QED) is 0.151. The highest BCUT2D eigenvalue weighted by Gasteiger charge is 2.30. The van der Waals surface area contributed by atoms with E-state index in [1.54, 1.807) is 13.8 Å². The molecule has 0 radical (unpaired) electrons. The van der Waals surface area contributed by atoms with Gasteiger partial charge in [0.15, 0.2) is 0 Å². The van der Waals surface area contributed by atoms with Crippen molar-refractivity contribution in [3.05, 3.63) is 0 Å². The summed E-state index contributed by atoms with van der Waals surface area (Å²) in [7, 11) is 0. The molecule has 0 heterocycles. The third-order valence-electron chi connectivity index (χ3n) is 3.91. The van der Waals surface area contributed by atoms with Crippen LogP contribution in [-0.4, -0.2) is 75.5 Å². The summed E-state index contributed by atoms with van der Waals surface area (Å²) in [4.78, 5) is 58.8. The van der Waals surface area contributed by atoms with Crippen molar-refractivity contribution in [2.24, 2.45) is 11.7 Å². The molecule has 13 heteroatoms. The first-order valence-electron chi connectivity index (χ1n) is 8.77. The summed E-state index contributed by atoms with van der Waals surface area (Å²) >= 11 is 7.83. The summed E-state index contributed by atoms with van der Waals surface area (Å²) in [6.07, 6.45) is -0.738. The summed E-state index contributed by atoms with van der Waals surface area (Å²) in [5.74, 6) is -5.28. The average Bonchev–Trinajstić information content (AvgIpc) is 2.65. The molecule has 0 aliphatic carbocycles. The molecule has 166 valence electrons. The lowest BCUT2D eigenvalue weighted by atomic mass is 10.0. The predicted octanol–water partition coefficient (Wildman–Crippen LogP) is -1.77. The molecule has 0 saturated heterocycles. The van der Waals surface area contributed by atoms with Crippen molar-refractivity contribution in [3.63, 3.8) is 0 Å². The Morgan fingerprint density at radius 3 is 1.69 bits per heavy atom. The van der Waals surface area contributed by atoms with Gasteiger partial charge in [0, 0.05) is 17.9 Å². The number of hydrogen-bond donors (Lipinski definition) is 8. The smallest absolute Gasteiger partial charge is 0.327 e. The minimum absolute atomic E-state index is 0.107. The minimum atomic E-state index is -1.33. The number of carboxylic acids is 2. The standard InChI is InChI=1S/C16H28N4O7S2/c1-7(2)12(17)15(25)19-9(5-28)14(24)18-8(3-4-11(21)22)13(23)20-10(6-29)16(26)27/h7-10,12,28-29H,3-6,17H2,1-2H3,(H,18,24)(H,19,25)(H,20,23)(H,21,22)(H,26,27). The van der Waals surface area contributed by atoms with Gasteiger partial charge in [0.05, 0.1) is 6.04 Å². The number of aliphatic carboxylic acids is 2. The molecule has 0 bridgehead atoms. The Morgan fingerprint density at radius 2 is 1.28 bits per heavy atom. The molecule has 0 spiro atoms. The lowest BCUT2D eigenvalue weighted by Gasteiger charge is -2.24. The average molecular weight is 453 g/mol. The van der Waals surface area contributed by atoms with E-state index in [4.69, 9.17) is 15.9 Å². The largest absolute Gasteiger partial charge is 0.481 e. The van der Waals surface area contributed by atoms with Gasteiger partial charge >= 0.3 is 11.9 Å². The Labute approximate surface area is 179 Å². The van der Waals surface area contributed by atoms with E-state index < -0.39 is 60.2 Å². The number of thiol groups is 2. The molecule has 0 aromatic heterocycles. The first-order valence-corrected chi connectivity index (χ1v) is 10.0. The van der Waals surface area contributed by atoms with E-state index in [-0.39, 0.29) is 23.8 Å². The second-order valence-corrected chi connectivity index (χ2v) is 7.32. The van der Waals surface area contributed by atoms with Gasteiger partial charge in [-0.05, 0) is 12.3 Å². The van der Waals surface area contributed by atoms with Crippen LogP contribution < -0.4 is 21.7 Å². The zero-order valence-corrected chi connectivity index (χ0v) is 17.9. The van der Waals surface area contributed by atoms with Crippen molar-refractivity contribution >= 4 is 54.9 Å². The number of nitrogens with two attached hydrogens (primary N) is 1. The molecule has 0 aromatic carbocycles. The van der Waals surface area contributed by atoms with Crippen LogP contribution in [0.3, 0.4) is 0 Å². The molecule has 3 amide bonds. The van der Waals surface area contributed by atoms with Gasteiger partial charge in [-0.1, -0.05) is 13.8 Å². The summed E-state index contributed by atoms with van der Waals surface area (Å²) in [5, 5.41) is 24.8. The fourth-order valence-electron chi connectivity index (χ4n) is 2.03. The molecule has 4 atom stereocenters. The third kappa shape index (κ3) is 9.85. The normalized spacial score (nSPS) is 15.0. The number of nitrogens with one attached hydrogen (secondary N) is 3. The maximum Gasteiger partial charge on any atom is 0.327 e. The van der Waals surface area contributed by atoms with E-state index >= 15 is 0 Å². The summed E-state index contributed by atoms with van der Waals surface area (Å²) in [6, 6.07) is -4.64. The highest BCUT2D eigenvalue weighted by atomic mass is 32.1. The first kappa shape index (κ1) is 27.0. The molecule has 11 nitrogen and oxygen atoms in total. The Kier molecular flexibility index (Phi) is 12.4. The number of carboxylic acid groups (broad SMARTS) is 2. The Hall–Kier alpha value is -1.99. The van der Waals surface area contributed by atoms with Crippen LogP contribution in [0.5, 0.6) is 0 Å². The first-order chi connectivity index (χ1) is 13.4. The van der Waals surface area contributed by atoms with Gasteiger partial charge in [0.1, 0.15) is 18.1 Å². The molecule has 0 aliphatic heterocycles. The fraction of sp³-hybridized carbons (Fsp3) is 0.688. The van der Waals surface area contributed by atoms with Crippen molar-refractivity contribution in [1.29, 1.82) is 0 Å². The van der Waals surface area contributed by atoms with Gasteiger partial charge in [-0.15, -0.1) is 0 Å². The van der Waals surface area contributed by atoms with Gasteiger partial charge in [0.2, 0.25) is 17.7 Å². The van der Waals surface area contributed by atoms with Gasteiger partial charge in [-0.3, -0.25) is 19.2 Å². The molecule has 0 fully saturated rings. The second-order valence-electron chi connectivity index (χ2n) is 6.59. The molecule has 0 rings (SSSR count). The van der Waals surface area contributed by atoms with Gasteiger partial charge in [0.25, 0.3) is 0 Å². The molecular formula is C16H28N4O7S2. The van der Waals surface area contributed by atoms with Gasteiger partial charge in [-0.25, -0.2) is 4.79 Å². The van der Waals surface area contributed by atoms with Crippen LogP contribution in [0.15, 0.2) is 0 Å². The van der Waals surface area contributed by atoms with Gasteiger partial charge in [-0.2, -0.15) is 25.3 Å². The van der Waals surface area contributed by atoms with E-state index in [1.165, 1.54) is 0 Å². The lowest BCUT2D eigenvalue weighted by molar-refractivity contribution is -0.142. The van der Waals surface area contributed by atoms with Crippen LogP contribution in [0.2, 0.25) is 0 Å². The van der Waals surface area contributed by atoms with E-state index in [9.17, 15) is 24.0 Å². The van der Waals surface area contributed by atoms with E-state index in [2.05, 4.69) is 41.2 Å². The number of hydrogen-bond acceptors (Lipinski definition) is 8. The van der Waals surface area contributed by atoms with Crippen LogP contribution in [0.1, 0.15) is 26.7 Å². The fourth-order valence-corrected chi connectivity index (χ4v) is 2.54. The van der Waals surface area contributed by atoms with Crippen LogP contribution in [0.4, 0.5) is 0 Å². The summed E-state index contributed by atoms with van der Waals surface area (Å²) in [6.45, 7) is 3.46. The maximum absolute atomic E-state index is 12.5. The van der Waals surface area contributed by atoms with Crippen LogP contribution in [0, 0.1) is 5.92 Å². The SMILES string of the molecule is CC(C)C(N)C(=O)NC(CS)C(=O)NC(CCC(=O)O)C(=O)NC(CS)C(=O)O. The van der Waals surface area contributed by atoms with Crippen molar-refractivity contribution in [1.82, 2.24) is 16.0 Å². The van der Waals surface area contributed by atoms with Crippen molar-refractivity contribution in [2.75, 3.05) is 11.5 Å². The Bertz CT molecular complexity index is 618. The third-order valence-corrected chi connectivity index (χ3v) is 4.64. The number of carbonyl (C=O) groups is 5. The van der Waals surface area contributed by atoms with E-state index in [1.807, 2.05) is 0 Å². The molecule has 29 heavy (non-hydrogen) atoms. The maximum atomic E-state index is 12.5. The molecule has 0 saturated carbocycles. The van der Waals surface area contributed by atoms with E-state index in [0.29, 0.717) is 0 Å². The summed E-state index contributed by atoms with van der Waals surface area (Å²) < 4.78 is 0. The van der Waals surface area contributed by atoms with Gasteiger partial charge < -0.3 is 31.9 Å². The van der Waals surface area contributed by atoms with Crippen molar-refractivity contribution < 1.29 is 34.2 Å².